The zero-order chi connectivity index (χ0) is 17.8. The van der Waals surface area contributed by atoms with Crippen LogP contribution >= 0.6 is 0 Å². The van der Waals surface area contributed by atoms with E-state index in [0.717, 1.165) is 74.4 Å². The molecule has 0 N–H and O–H groups in total. The van der Waals surface area contributed by atoms with Crippen molar-refractivity contribution in [2.75, 3.05) is 37.8 Å². The smallest absolute Gasteiger partial charge is 0.225 e. The number of hydrogen-bond acceptors (Lipinski definition) is 6. The molecule has 0 bridgehead atoms. The third kappa shape index (κ3) is 3.90. The third-order valence-corrected chi connectivity index (χ3v) is 4.77. The molecule has 0 spiro atoms. The summed E-state index contributed by atoms with van der Waals surface area (Å²) in [6.45, 7) is 5.89. The number of aryl methyl sites for hydroxylation is 2. The van der Waals surface area contributed by atoms with E-state index in [4.69, 9.17) is 24.2 Å². The SMILES string of the molecule is CCc1cc(CCC2COc3ccccc3O2)nc(N2CCOCC2)n1. The first kappa shape index (κ1) is 17.1. The Morgan fingerprint density at radius 2 is 1.85 bits per heavy atom. The first-order chi connectivity index (χ1) is 12.8. The standard InChI is InChI=1S/C20H25N3O3/c1-2-15-13-16(22-20(21-15)23-9-11-24-12-10-23)7-8-17-14-25-18-5-3-4-6-19(18)26-17/h3-6,13,17H,2,7-12,14H2,1H3. The minimum Gasteiger partial charge on any atom is -0.486 e. The molecule has 1 unspecified atom stereocenters. The van der Waals surface area contributed by atoms with Gasteiger partial charge in [0.2, 0.25) is 5.95 Å². The van der Waals surface area contributed by atoms with Crippen LogP contribution in [0, 0.1) is 0 Å². The van der Waals surface area contributed by atoms with Gasteiger partial charge < -0.3 is 19.1 Å². The second kappa shape index (κ2) is 7.91. The summed E-state index contributed by atoms with van der Waals surface area (Å²) in [5, 5.41) is 0. The van der Waals surface area contributed by atoms with Crippen molar-refractivity contribution in [1.29, 1.82) is 0 Å². The van der Waals surface area contributed by atoms with E-state index in [2.05, 4.69) is 17.9 Å². The highest BCUT2D eigenvalue weighted by molar-refractivity contribution is 5.40. The quantitative estimate of drug-likeness (QED) is 0.822. The summed E-state index contributed by atoms with van der Waals surface area (Å²) >= 11 is 0. The zero-order valence-electron chi connectivity index (χ0n) is 15.2. The van der Waals surface area contributed by atoms with Gasteiger partial charge in [0.15, 0.2) is 11.5 Å². The van der Waals surface area contributed by atoms with Crippen molar-refractivity contribution in [2.24, 2.45) is 0 Å². The maximum Gasteiger partial charge on any atom is 0.225 e. The third-order valence-electron chi connectivity index (χ3n) is 4.77. The predicted molar refractivity (Wildman–Crippen MR) is 99.1 cm³/mol. The summed E-state index contributed by atoms with van der Waals surface area (Å²) in [7, 11) is 0. The minimum absolute atomic E-state index is 0.0526. The Hall–Kier alpha value is -2.34. The lowest BCUT2D eigenvalue weighted by molar-refractivity contribution is 0.0849. The van der Waals surface area contributed by atoms with E-state index in [-0.39, 0.29) is 6.10 Å². The fraction of sp³-hybridized carbons (Fsp3) is 0.500. The molecule has 26 heavy (non-hydrogen) atoms. The molecule has 1 saturated heterocycles. The molecular formula is C20H25N3O3. The molecule has 2 aromatic rings. The van der Waals surface area contributed by atoms with Gasteiger partial charge in [0, 0.05) is 24.5 Å². The van der Waals surface area contributed by atoms with Crippen LogP contribution in [0.25, 0.3) is 0 Å². The van der Waals surface area contributed by atoms with Crippen LogP contribution in [0.2, 0.25) is 0 Å². The molecule has 1 fully saturated rings. The van der Waals surface area contributed by atoms with Crippen molar-refractivity contribution < 1.29 is 14.2 Å². The van der Waals surface area contributed by atoms with Gasteiger partial charge in [0.25, 0.3) is 0 Å². The number of para-hydroxylation sites is 2. The van der Waals surface area contributed by atoms with Crippen LogP contribution < -0.4 is 14.4 Å². The molecule has 1 atom stereocenters. The molecule has 0 saturated carbocycles. The van der Waals surface area contributed by atoms with E-state index in [1.165, 1.54) is 0 Å². The lowest BCUT2D eigenvalue weighted by atomic mass is 10.1. The lowest BCUT2D eigenvalue weighted by Gasteiger charge is -2.28. The molecule has 1 aromatic heterocycles. The maximum absolute atomic E-state index is 6.06. The van der Waals surface area contributed by atoms with Crippen molar-refractivity contribution in [2.45, 2.75) is 32.3 Å². The van der Waals surface area contributed by atoms with Gasteiger partial charge in [-0.3, -0.25) is 0 Å². The Morgan fingerprint density at radius 1 is 1.08 bits per heavy atom. The van der Waals surface area contributed by atoms with Crippen molar-refractivity contribution >= 4 is 5.95 Å². The molecule has 0 radical (unpaired) electrons. The van der Waals surface area contributed by atoms with Gasteiger partial charge in [-0.15, -0.1) is 0 Å². The van der Waals surface area contributed by atoms with E-state index in [9.17, 15) is 0 Å². The Bertz CT molecular complexity index is 747. The van der Waals surface area contributed by atoms with Gasteiger partial charge in [0.05, 0.1) is 13.2 Å². The number of ether oxygens (including phenoxy) is 3. The number of hydrogen-bond donors (Lipinski definition) is 0. The number of aromatic nitrogens is 2. The normalized spacial score (nSPS) is 19.4. The van der Waals surface area contributed by atoms with Crippen LogP contribution in [0.4, 0.5) is 5.95 Å². The van der Waals surface area contributed by atoms with Gasteiger partial charge in [-0.25, -0.2) is 9.97 Å². The van der Waals surface area contributed by atoms with Crippen molar-refractivity contribution in [3.63, 3.8) is 0 Å². The van der Waals surface area contributed by atoms with Crippen molar-refractivity contribution in [1.82, 2.24) is 9.97 Å². The first-order valence-electron chi connectivity index (χ1n) is 9.40. The van der Waals surface area contributed by atoms with Gasteiger partial charge in [-0.1, -0.05) is 19.1 Å². The highest BCUT2D eigenvalue weighted by atomic mass is 16.6. The molecule has 4 rings (SSSR count). The molecule has 6 nitrogen and oxygen atoms in total. The van der Waals surface area contributed by atoms with E-state index < -0.39 is 0 Å². The van der Waals surface area contributed by atoms with Crippen LogP contribution in [0.1, 0.15) is 24.7 Å². The first-order valence-corrected chi connectivity index (χ1v) is 9.40. The van der Waals surface area contributed by atoms with Crippen LogP contribution in [0.3, 0.4) is 0 Å². The average molecular weight is 355 g/mol. The van der Waals surface area contributed by atoms with Gasteiger partial charge in [-0.05, 0) is 37.5 Å². The number of morpholine rings is 1. The van der Waals surface area contributed by atoms with Crippen molar-refractivity contribution in [3.05, 3.63) is 41.7 Å². The predicted octanol–water partition coefficient (Wildman–Crippen LogP) is 2.65. The lowest BCUT2D eigenvalue weighted by Crippen LogP contribution is -2.37. The van der Waals surface area contributed by atoms with Crippen LogP contribution in [-0.4, -0.2) is 49.0 Å². The number of rotatable bonds is 5. The molecule has 2 aliphatic heterocycles. The second-order valence-corrected chi connectivity index (χ2v) is 6.64. The molecular weight excluding hydrogens is 330 g/mol. The largest absolute Gasteiger partial charge is 0.486 e. The van der Waals surface area contributed by atoms with Crippen LogP contribution in [0.15, 0.2) is 30.3 Å². The average Bonchev–Trinajstić information content (AvgIpc) is 2.72. The van der Waals surface area contributed by atoms with E-state index in [1.54, 1.807) is 0 Å². The van der Waals surface area contributed by atoms with Crippen molar-refractivity contribution in [3.8, 4) is 11.5 Å². The Balaban J connectivity index is 1.43. The van der Waals surface area contributed by atoms with Crippen LogP contribution in [0.5, 0.6) is 11.5 Å². The molecule has 138 valence electrons. The molecule has 3 heterocycles. The summed E-state index contributed by atoms with van der Waals surface area (Å²) in [4.78, 5) is 11.7. The second-order valence-electron chi connectivity index (χ2n) is 6.64. The fourth-order valence-corrected chi connectivity index (χ4v) is 3.27. The number of nitrogens with zero attached hydrogens (tertiary/aromatic N) is 3. The summed E-state index contributed by atoms with van der Waals surface area (Å²) in [6.07, 6.45) is 2.68. The maximum atomic E-state index is 6.06. The Labute approximate surface area is 154 Å². The highest BCUT2D eigenvalue weighted by Gasteiger charge is 2.21. The fourth-order valence-electron chi connectivity index (χ4n) is 3.27. The van der Waals surface area contributed by atoms with E-state index in [0.29, 0.717) is 6.61 Å². The van der Waals surface area contributed by atoms with E-state index >= 15 is 0 Å². The molecule has 2 aliphatic rings. The van der Waals surface area contributed by atoms with Gasteiger partial charge in [-0.2, -0.15) is 0 Å². The van der Waals surface area contributed by atoms with Gasteiger partial charge in [0.1, 0.15) is 12.7 Å². The molecule has 0 amide bonds. The molecule has 6 heteroatoms. The minimum atomic E-state index is 0.0526. The molecule has 1 aromatic carbocycles. The zero-order valence-corrected chi connectivity index (χ0v) is 15.2. The monoisotopic (exact) mass is 355 g/mol. The number of anilines is 1. The summed E-state index contributed by atoms with van der Waals surface area (Å²) < 4.78 is 17.3. The topological polar surface area (TPSA) is 56.7 Å². The Morgan fingerprint density at radius 3 is 2.65 bits per heavy atom. The van der Waals surface area contributed by atoms with E-state index in [1.807, 2.05) is 24.3 Å². The van der Waals surface area contributed by atoms with Crippen LogP contribution in [-0.2, 0) is 17.6 Å². The summed E-state index contributed by atoms with van der Waals surface area (Å²) in [6, 6.07) is 9.94. The van der Waals surface area contributed by atoms with Gasteiger partial charge >= 0.3 is 0 Å². The Kier molecular flexibility index (Phi) is 5.20. The summed E-state index contributed by atoms with van der Waals surface area (Å²) in [5.41, 5.74) is 2.16. The highest BCUT2D eigenvalue weighted by Crippen LogP contribution is 2.31. The summed E-state index contributed by atoms with van der Waals surface area (Å²) in [5.74, 6) is 2.48. The number of fused-ring (bicyclic) bond motifs is 1. The number of benzene rings is 1. The molecule has 0 aliphatic carbocycles.